The van der Waals surface area contributed by atoms with Crippen LogP contribution in [-0.2, 0) is 14.8 Å². The molecule has 0 aliphatic rings. The van der Waals surface area contributed by atoms with E-state index in [0.29, 0.717) is 5.69 Å². The SMILES string of the molecule is CN(CC(=O)Nc1ccc(S(N)(=O)=O)cc1)C(c1ccccc1)c1ccccc1. The van der Waals surface area contributed by atoms with Crippen LogP contribution in [0.3, 0.4) is 0 Å². The molecule has 3 aromatic rings. The molecule has 0 atom stereocenters. The fourth-order valence-electron chi connectivity index (χ4n) is 3.22. The minimum Gasteiger partial charge on any atom is -0.325 e. The molecule has 0 aliphatic carbocycles. The largest absolute Gasteiger partial charge is 0.325 e. The minimum absolute atomic E-state index is 0.000774. The van der Waals surface area contributed by atoms with Crippen LogP contribution in [0.4, 0.5) is 5.69 Å². The highest BCUT2D eigenvalue weighted by atomic mass is 32.2. The number of carbonyl (C=O) groups is 1. The summed E-state index contributed by atoms with van der Waals surface area (Å²) in [5.41, 5.74) is 2.68. The summed E-state index contributed by atoms with van der Waals surface area (Å²) in [6.07, 6.45) is 0. The Hall–Kier alpha value is -3.00. The van der Waals surface area contributed by atoms with Gasteiger partial charge < -0.3 is 5.32 Å². The molecule has 0 aliphatic heterocycles. The number of sulfonamides is 1. The van der Waals surface area contributed by atoms with Crippen LogP contribution in [0.25, 0.3) is 0 Å². The zero-order chi connectivity index (χ0) is 20.9. The van der Waals surface area contributed by atoms with Gasteiger partial charge in [0.05, 0.1) is 17.5 Å². The van der Waals surface area contributed by atoms with Crippen molar-refractivity contribution < 1.29 is 13.2 Å². The first kappa shape index (κ1) is 20.7. The predicted octanol–water partition coefficient (Wildman–Crippen LogP) is 2.99. The molecule has 29 heavy (non-hydrogen) atoms. The number of anilines is 1. The Morgan fingerprint density at radius 3 is 1.83 bits per heavy atom. The van der Waals surface area contributed by atoms with Crippen LogP contribution in [0.15, 0.2) is 89.8 Å². The summed E-state index contributed by atoms with van der Waals surface area (Å²) in [6, 6.07) is 25.7. The first-order valence-electron chi connectivity index (χ1n) is 9.07. The third kappa shape index (κ3) is 5.51. The molecule has 7 heteroatoms. The van der Waals surface area contributed by atoms with E-state index in [-0.39, 0.29) is 23.4 Å². The summed E-state index contributed by atoms with van der Waals surface area (Å²) in [7, 11) is -1.86. The molecule has 1 amide bonds. The van der Waals surface area contributed by atoms with Crippen LogP contribution in [0, 0.1) is 0 Å². The van der Waals surface area contributed by atoms with E-state index in [1.54, 1.807) is 0 Å². The lowest BCUT2D eigenvalue weighted by Gasteiger charge is -2.28. The van der Waals surface area contributed by atoms with E-state index in [1.165, 1.54) is 24.3 Å². The molecule has 0 unspecified atom stereocenters. The minimum atomic E-state index is -3.76. The molecule has 3 rings (SSSR count). The number of nitrogens with one attached hydrogen (secondary N) is 1. The number of hydrogen-bond acceptors (Lipinski definition) is 4. The van der Waals surface area contributed by atoms with Gasteiger partial charge in [0.2, 0.25) is 15.9 Å². The van der Waals surface area contributed by atoms with Gasteiger partial charge in [-0.3, -0.25) is 9.69 Å². The number of likely N-dealkylation sites (N-methyl/N-ethyl adjacent to an activating group) is 1. The van der Waals surface area contributed by atoms with E-state index in [1.807, 2.05) is 72.6 Å². The Kier molecular flexibility index (Phi) is 6.43. The van der Waals surface area contributed by atoms with Crippen LogP contribution < -0.4 is 10.5 Å². The average Bonchev–Trinajstić information content (AvgIpc) is 2.69. The summed E-state index contributed by atoms with van der Waals surface area (Å²) in [5, 5.41) is 7.89. The molecule has 0 saturated heterocycles. The number of nitrogens with zero attached hydrogens (tertiary/aromatic N) is 1. The average molecular weight is 410 g/mol. The van der Waals surface area contributed by atoms with Gasteiger partial charge in [-0.05, 0) is 42.4 Å². The molecule has 0 spiro atoms. The van der Waals surface area contributed by atoms with Crippen molar-refractivity contribution in [1.82, 2.24) is 4.90 Å². The van der Waals surface area contributed by atoms with Crippen molar-refractivity contribution in [2.45, 2.75) is 10.9 Å². The molecular weight excluding hydrogens is 386 g/mol. The third-order valence-electron chi connectivity index (χ3n) is 4.53. The van der Waals surface area contributed by atoms with Gasteiger partial charge in [0, 0.05) is 5.69 Å². The molecule has 3 N–H and O–H groups in total. The first-order chi connectivity index (χ1) is 13.8. The van der Waals surface area contributed by atoms with Crippen molar-refractivity contribution in [1.29, 1.82) is 0 Å². The highest BCUT2D eigenvalue weighted by Crippen LogP contribution is 2.27. The Labute approximate surface area is 171 Å². The summed E-state index contributed by atoms with van der Waals surface area (Å²) >= 11 is 0. The van der Waals surface area contributed by atoms with Crippen LogP contribution in [0.2, 0.25) is 0 Å². The molecule has 0 saturated carbocycles. The number of carbonyl (C=O) groups excluding carboxylic acids is 1. The smallest absolute Gasteiger partial charge is 0.238 e. The summed E-state index contributed by atoms with van der Waals surface area (Å²) in [4.78, 5) is 14.5. The van der Waals surface area contributed by atoms with Crippen molar-refractivity contribution in [2.24, 2.45) is 5.14 Å². The Bertz CT molecular complexity index is 1010. The molecule has 0 radical (unpaired) electrons. The number of rotatable bonds is 7. The van der Waals surface area contributed by atoms with Gasteiger partial charge in [0.1, 0.15) is 0 Å². The number of nitrogens with two attached hydrogens (primary N) is 1. The van der Waals surface area contributed by atoms with Crippen LogP contribution in [-0.4, -0.2) is 32.8 Å². The maximum absolute atomic E-state index is 12.6. The maximum atomic E-state index is 12.6. The lowest BCUT2D eigenvalue weighted by atomic mass is 9.97. The summed E-state index contributed by atoms with van der Waals surface area (Å²) in [6.45, 7) is 0.158. The standard InChI is InChI=1S/C22H23N3O3S/c1-25(16-21(26)24-19-12-14-20(15-13-19)29(23,27)28)22(17-8-4-2-5-9-17)18-10-6-3-7-11-18/h2-15,22H,16H2,1H3,(H,24,26)(H2,23,27,28). The van der Waals surface area contributed by atoms with E-state index in [2.05, 4.69) is 5.32 Å². The quantitative estimate of drug-likeness (QED) is 0.627. The maximum Gasteiger partial charge on any atom is 0.238 e. The van der Waals surface area contributed by atoms with Crippen molar-refractivity contribution in [2.75, 3.05) is 18.9 Å². The second-order valence-corrected chi connectivity index (χ2v) is 8.32. The molecule has 0 fully saturated rings. The van der Waals surface area contributed by atoms with Crippen LogP contribution >= 0.6 is 0 Å². The van der Waals surface area contributed by atoms with Gasteiger partial charge in [-0.2, -0.15) is 0 Å². The van der Waals surface area contributed by atoms with Crippen molar-refractivity contribution in [3.8, 4) is 0 Å². The van der Waals surface area contributed by atoms with Crippen molar-refractivity contribution >= 4 is 21.6 Å². The van der Waals surface area contributed by atoms with E-state index in [4.69, 9.17) is 5.14 Å². The Morgan fingerprint density at radius 2 is 1.38 bits per heavy atom. The zero-order valence-corrected chi connectivity index (χ0v) is 16.8. The highest BCUT2D eigenvalue weighted by molar-refractivity contribution is 7.89. The molecule has 3 aromatic carbocycles. The number of amides is 1. The molecule has 150 valence electrons. The Morgan fingerprint density at radius 1 is 0.897 bits per heavy atom. The van der Waals surface area contributed by atoms with Gasteiger partial charge in [0.25, 0.3) is 0 Å². The topological polar surface area (TPSA) is 92.5 Å². The fraction of sp³-hybridized carbons (Fsp3) is 0.136. The predicted molar refractivity (Wildman–Crippen MR) is 114 cm³/mol. The number of hydrogen-bond donors (Lipinski definition) is 2. The van der Waals surface area contributed by atoms with Gasteiger partial charge >= 0.3 is 0 Å². The van der Waals surface area contributed by atoms with Gasteiger partial charge in [-0.25, -0.2) is 13.6 Å². The molecule has 0 bridgehead atoms. The summed E-state index contributed by atoms with van der Waals surface area (Å²) in [5.74, 6) is -0.201. The third-order valence-corrected chi connectivity index (χ3v) is 5.46. The normalized spacial score (nSPS) is 11.6. The number of benzene rings is 3. The van der Waals surface area contributed by atoms with Gasteiger partial charge in [0.15, 0.2) is 0 Å². The summed E-state index contributed by atoms with van der Waals surface area (Å²) < 4.78 is 22.7. The molecule has 0 heterocycles. The highest BCUT2D eigenvalue weighted by Gasteiger charge is 2.21. The van der Waals surface area contributed by atoms with Crippen LogP contribution in [0.5, 0.6) is 0 Å². The van der Waals surface area contributed by atoms with Crippen molar-refractivity contribution in [3.63, 3.8) is 0 Å². The first-order valence-corrected chi connectivity index (χ1v) is 10.6. The number of primary sulfonamides is 1. The van der Waals surface area contributed by atoms with Gasteiger partial charge in [-0.1, -0.05) is 60.7 Å². The molecular formula is C22H23N3O3S. The second kappa shape index (κ2) is 9.00. The van der Waals surface area contributed by atoms with Crippen molar-refractivity contribution in [3.05, 3.63) is 96.1 Å². The van der Waals surface area contributed by atoms with Gasteiger partial charge in [-0.15, -0.1) is 0 Å². The fourth-order valence-corrected chi connectivity index (χ4v) is 3.73. The molecule has 6 nitrogen and oxygen atoms in total. The van der Waals surface area contributed by atoms with E-state index >= 15 is 0 Å². The van der Waals surface area contributed by atoms with Crippen LogP contribution in [0.1, 0.15) is 17.2 Å². The Balaban J connectivity index is 1.74. The lowest BCUT2D eigenvalue weighted by Crippen LogP contribution is -2.33. The lowest BCUT2D eigenvalue weighted by molar-refractivity contribution is -0.117. The second-order valence-electron chi connectivity index (χ2n) is 6.76. The van der Waals surface area contributed by atoms with E-state index < -0.39 is 10.0 Å². The molecule has 0 aromatic heterocycles. The van der Waals surface area contributed by atoms with E-state index in [0.717, 1.165) is 11.1 Å². The van der Waals surface area contributed by atoms with E-state index in [9.17, 15) is 13.2 Å². The monoisotopic (exact) mass is 409 g/mol. The zero-order valence-electron chi connectivity index (χ0n) is 16.0.